The van der Waals surface area contributed by atoms with Crippen molar-refractivity contribution in [2.45, 2.75) is 32.2 Å². The number of piperidine rings is 1. The number of carbonyl (C=O) groups excluding carboxylic acids is 1. The molecule has 0 spiro atoms. The van der Waals surface area contributed by atoms with Gasteiger partial charge in [0.2, 0.25) is 0 Å². The van der Waals surface area contributed by atoms with Crippen LogP contribution >= 0.6 is 11.6 Å². The number of hydrogen-bond acceptors (Lipinski definition) is 2. The van der Waals surface area contributed by atoms with Crippen LogP contribution < -0.4 is 15.0 Å². The van der Waals surface area contributed by atoms with Crippen molar-refractivity contribution >= 4 is 23.2 Å². The first kappa shape index (κ1) is 17.8. The van der Waals surface area contributed by atoms with Gasteiger partial charge in [-0.2, -0.15) is 0 Å². The van der Waals surface area contributed by atoms with Crippen LogP contribution in [0.3, 0.4) is 0 Å². The molecular formula is C20H24ClN2O2+. The van der Waals surface area contributed by atoms with Crippen LogP contribution in [0.4, 0.5) is 5.69 Å². The highest BCUT2D eigenvalue weighted by Gasteiger charge is 2.24. The third-order valence-electron chi connectivity index (χ3n) is 4.66. The molecule has 1 heterocycles. The lowest BCUT2D eigenvalue weighted by molar-refractivity contribution is -0.920. The largest absolute Gasteiger partial charge is 0.455 e. The van der Waals surface area contributed by atoms with Gasteiger partial charge in [-0.25, -0.2) is 0 Å². The van der Waals surface area contributed by atoms with Crippen molar-refractivity contribution in [3.63, 3.8) is 0 Å². The number of likely N-dealkylation sites (tertiary alicyclic amines) is 1. The Morgan fingerprint density at radius 3 is 2.80 bits per heavy atom. The van der Waals surface area contributed by atoms with E-state index < -0.39 is 0 Å². The first-order chi connectivity index (χ1) is 12.1. The van der Waals surface area contributed by atoms with E-state index in [0.29, 0.717) is 29.0 Å². The normalized spacial score (nSPS) is 20.1. The van der Waals surface area contributed by atoms with E-state index in [1.807, 2.05) is 30.3 Å². The van der Waals surface area contributed by atoms with Crippen molar-refractivity contribution in [1.29, 1.82) is 0 Å². The van der Waals surface area contributed by atoms with Gasteiger partial charge in [-0.3, -0.25) is 4.79 Å². The Hall–Kier alpha value is -2.04. The highest BCUT2D eigenvalue weighted by Crippen LogP contribution is 2.31. The Morgan fingerprint density at radius 1 is 1.24 bits per heavy atom. The zero-order valence-electron chi connectivity index (χ0n) is 14.4. The molecule has 1 unspecified atom stereocenters. The van der Waals surface area contributed by atoms with Gasteiger partial charge in [0.1, 0.15) is 5.75 Å². The number of para-hydroxylation sites is 1. The molecule has 25 heavy (non-hydrogen) atoms. The third kappa shape index (κ3) is 4.97. The molecule has 5 heteroatoms. The molecule has 0 aliphatic carbocycles. The SMILES string of the molecule is C[C@H]1CCCC[NH+]1CC(=O)Nc1cc(Cl)ccc1Oc1ccccc1. The first-order valence-electron chi connectivity index (χ1n) is 8.79. The summed E-state index contributed by atoms with van der Waals surface area (Å²) in [6, 6.07) is 15.3. The van der Waals surface area contributed by atoms with Crippen molar-refractivity contribution in [2.24, 2.45) is 0 Å². The molecule has 2 aromatic carbocycles. The summed E-state index contributed by atoms with van der Waals surface area (Å²) >= 11 is 6.11. The van der Waals surface area contributed by atoms with Gasteiger partial charge in [0.25, 0.3) is 5.91 Å². The van der Waals surface area contributed by atoms with Crippen LogP contribution in [-0.2, 0) is 4.79 Å². The Kier molecular flexibility index (Phi) is 5.95. The quantitative estimate of drug-likeness (QED) is 0.857. The van der Waals surface area contributed by atoms with Crippen molar-refractivity contribution < 1.29 is 14.4 Å². The standard InChI is InChI=1S/C20H23ClN2O2/c1-15-7-5-6-12-23(15)14-20(24)22-18-13-16(21)10-11-19(18)25-17-8-3-2-4-9-17/h2-4,8-11,13,15H,5-7,12,14H2,1H3,(H,22,24)/p+1/t15-/m0/s1. The summed E-state index contributed by atoms with van der Waals surface area (Å²) in [6.45, 7) is 3.74. The second-order valence-electron chi connectivity index (χ2n) is 6.59. The van der Waals surface area contributed by atoms with Crippen LogP contribution in [0.15, 0.2) is 48.5 Å². The van der Waals surface area contributed by atoms with E-state index in [1.165, 1.54) is 24.2 Å². The van der Waals surface area contributed by atoms with Crippen molar-refractivity contribution in [3.05, 3.63) is 53.6 Å². The van der Waals surface area contributed by atoms with Gasteiger partial charge in [-0.15, -0.1) is 0 Å². The van der Waals surface area contributed by atoms with E-state index in [-0.39, 0.29) is 5.91 Å². The van der Waals surface area contributed by atoms with Gasteiger partial charge in [0, 0.05) is 5.02 Å². The minimum absolute atomic E-state index is 0.0103. The van der Waals surface area contributed by atoms with E-state index >= 15 is 0 Å². The monoisotopic (exact) mass is 359 g/mol. The number of amides is 1. The Bertz CT molecular complexity index is 721. The summed E-state index contributed by atoms with van der Waals surface area (Å²) in [6.07, 6.45) is 3.63. The molecule has 1 fully saturated rings. The van der Waals surface area contributed by atoms with Gasteiger partial charge in [0.05, 0.1) is 18.3 Å². The summed E-state index contributed by atoms with van der Waals surface area (Å²) in [7, 11) is 0. The summed E-state index contributed by atoms with van der Waals surface area (Å²) in [5.74, 6) is 1.30. The number of ether oxygens (including phenoxy) is 1. The van der Waals surface area contributed by atoms with Crippen LogP contribution in [0.2, 0.25) is 5.02 Å². The fraction of sp³-hybridized carbons (Fsp3) is 0.350. The number of carbonyl (C=O) groups is 1. The zero-order chi connectivity index (χ0) is 17.6. The summed E-state index contributed by atoms with van der Waals surface area (Å²) in [5.41, 5.74) is 0.602. The van der Waals surface area contributed by atoms with Gasteiger partial charge in [-0.1, -0.05) is 29.8 Å². The van der Waals surface area contributed by atoms with E-state index in [2.05, 4.69) is 12.2 Å². The average Bonchev–Trinajstić information content (AvgIpc) is 2.60. The topological polar surface area (TPSA) is 42.8 Å². The maximum absolute atomic E-state index is 12.5. The maximum atomic E-state index is 12.5. The molecule has 0 radical (unpaired) electrons. The molecule has 1 saturated heterocycles. The molecule has 0 saturated carbocycles. The van der Waals surface area contributed by atoms with Crippen molar-refractivity contribution in [3.8, 4) is 11.5 Å². The molecule has 2 atom stereocenters. The van der Waals surface area contributed by atoms with Gasteiger partial charge < -0.3 is 15.0 Å². The van der Waals surface area contributed by atoms with Gasteiger partial charge in [0.15, 0.2) is 12.3 Å². The Labute approximate surface area is 153 Å². The Balaban J connectivity index is 1.70. The Morgan fingerprint density at radius 2 is 2.04 bits per heavy atom. The molecular weight excluding hydrogens is 336 g/mol. The summed E-state index contributed by atoms with van der Waals surface area (Å²) in [5, 5.41) is 3.53. The number of benzene rings is 2. The van der Waals surface area contributed by atoms with Crippen LogP contribution in [0, 0.1) is 0 Å². The molecule has 4 nitrogen and oxygen atoms in total. The summed E-state index contributed by atoms with van der Waals surface area (Å²) < 4.78 is 5.90. The number of nitrogens with one attached hydrogen (secondary N) is 2. The molecule has 3 rings (SSSR count). The molecule has 132 valence electrons. The fourth-order valence-electron chi connectivity index (χ4n) is 3.22. The van der Waals surface area contributed by atoms with Crippen LogP contribution in [-0.4, -0.2) is 25.0 Å². The maximum Gasteiger partial charge on any atom is 0.279 e. The van der Waals surface area contributed by atoms with Crippen LogP contribution in [0.25, 0.3) is 0 Å². The highest BCUT2D eigenvalue weighted by molar-refractivity contribution is 6.31. The summed E-state index contributed by atoms with van der Waals surface area (Å²) in [4.78, 5) is 13.9. The molecule has 2 N–H and O–H groups in total. The molecule has 2 aromatic rings. The van der Waals surface area contributed by atoms with E-state index in [4.69, 9.17) is 16.3 Å². The minimum atomic E-state index is -0.0103. The van der Waals surface area contributed by atoms with E-state index in [0.717, 1.165) is 12.3 Å². The number of rotatable bonds is 5. The molecule has 1 aliphatic rings. The van der Waals surface area contributed by atoms with Crippen LogP contribution in [0.1, 0.15) is 26.2 Å². The lowest BCUT2D eigenvalue weighted by Gasteiger charge is -2.29. The highest BCUT2D eigenvalue weighted by atomic mass is 35.5. The lowest BCUT2D eigenvalue weighted by Crippen LogP contribution is -3.17. The van der Waals surface area contributed by atoms with Crippen molar-refractivity contribution in [1.82, 2.24) is 0 Å². The number of halogens is 1. The predicted molar refractivity (Wildman–Crippen MR) is 101 cm³/mol. The lowest BCUT2D eigenvalue weighted by atomic mass is 10.0. The smallest absolute Gasteiger partial charge is 0.279 e. The van der Waals surface area contributed by atoms with E-state index in [1.54, 1.807) is 18.2 Å². The number of quaternary nitrogens is 1. The van der Waals surface area contributed by atoms with E-state index in [9.17, 15) is 4.79 Å². The second-order valence-corrected chi connectivity index (χ2v) is 7.02. The number of hydrogen-bond donors (Lipinski definition) is 2. The minimum Gasteiger partial charge on any atom is -0.455 e. The van der Waals surface area contributed by atoms with Crippen LogP contribution in [0.5, 0.6) is 11.5 Å². The molecule has 0 aromatic heterocycles. The molecule has 1 amide bonds. The molecule has 0 bridgehead atoms. The predicted octanol–water partition coefficient (Wildman–Crippen LogP) is 3.53. The second kappa shape index (κ2) is 8.37. The zero-order valence-corrected chi connectivity index (χ0v) is 15.2. The number of anilines is 1. The van der Waals surface area contributed by atoms with Gasteiger partial charge >= 0.3 is 0 Å². The molecule has 1 aliphatic heterocycles. The third-order valence-corrected chi connectivity index (χ3v) is 4.89. The fourth-order valence-corrected chi connectivity index (χ4v) is 3.39. The average molecular weight is 360 g/mol. The van der Waals surface area contributed by atoms with Crippen molar-refractivity contribution in [2.75, 3.05) is 18.4 Å². The first-order valence-corrected chi connectivity index (χ1v) is 9.16. The van der Waals surface area contributed by atoms with Gasteiger partial charge in [-0.05, 0) is 56.5 Å².